The van der Waals surface area contributed by atoms with E-state index in [4.69, 9.17) is 0 Å². The molecule has 3 unspecified atom stereocenters. The molecule has 1 heterocycles. The molecule has 0 aromatic carbocycles. The normalized spacial score (nSPS) is 39.9. The number of hydrogen-bond donors (Lipinski definition) is 0. The molecule has 1 nitrogen and oxygen atoms in total. The van der Waals surface area contributed by atoms with E-state index in [1.54, 1.807) is 0 Å². The Morgan fingerprint density at radius 3 is 2.36 bits per heavy atom. The first-order valence-corrected chi connectivity index (χ1v) is 6.82. The molecule has 3 atom stereocenters. The summed E-state index contributed by atoms with van der Waals surface area (Å²) in [6.07, 6.45) is 5.79. The Kier molecular flexibility index (Phi) is 2.87. The van der Waals surface area contributed by atoms with Crippen molar-refractivity contribution in [3.63, 3.8) is 0 Å². The van der Waals surface area contributed by atoms with Gasteiger partial charge in [-0.05, 0) is 25.3 Å². The van der Waals surface area contributed by atoms with Crippen LogP contribution in [0.1, 0.15) is 46.5 Å². The lowest BCUT2D eigenvalue weighted by molar-refractivity contribution is 0.145. The van der Waals surface area contributed by atoms with Gasteiger partial charge in [0.2, 0.25) is 0 Å². The topological polar surface area (TPSA) is 3.24 Å². The van der Waals surface area contributed by atoms with Crippen LogP contribution in [0.5, 0.6) is 0 Å². The van der Waals surface area contributed by atoms with Crippen LogP contribution < -0.4 is 0 Å². The Labute approximate surface area is 92.6 Å². The fourth-order valence-corrected chi connectivity index (χ4v) is 4.85. The van der Waals surface area contributed by atoms with Crippen LogP contribution in [0.4, 0.5) is 0 Å². The van der Waals surface area contributed by atoms with Gasteiger partial charge in [-0.1, -0.05) is 33.6 Å². The van der Waals surface area contributed by atoms with E-state index in [9.17, 15) is 0 Å². The van der Waals surface area contributed by atoms with Gasteiger partial charge in [0.05, 0.1) is 5.37 Å². The fourth-order valence-electron chi connectivity index (χ4n) is 2.95. The third-order valence-electron chi connectivity index (χ3n) is 3.61. The Bertz CT molecular complexity index is 209. The molecule has 0 spiro atoms. The van der Waals surface area contributed by atoms with Crippen molar-refractivity contribution in [3.05, 3.63) is 0 Å². The summed E-state index contributed by atoms with van der Waals surface area (Å²) in [5.41, 5.74) is 0.427. The smallest absolute Gasteiger partial charge is 0.0609 e. The molecule has 0 N–H and O–H groups in total. The Morgan fingerprint density at radius 2 is 1.79 bits per heavy atom. The highest BCUT2D eigenvalue weighted by Gasteiger charge is 2.44. The Hall–Kier alpha value is 0.310. The molecule has 0 radical (unpaired) electrons. The zero-order valence-corrected chi connectivity index (χ0v) is 10.7. The van der Waals surface area contributed by atoms with Crippen LogP contribution in [-0.2, 0) is 0 Å². The Balaban J connectivity index is 2.10. The lowest BCUT2D eigenvalue weighted by Gasteiger charge is -2.34. The molecule has 0 amide bonds. The highest BCUT2D eigenvalue weighted by molar-refractivity contribution is 8.00. The predicted molar refractivity (Wildman–Crippen MR) is 64.6 cm³/mol. The number of thioether (sulfide) groups is 1. The van der Waals surface area contributed by atoms with E-state index < -0.39 is 0 Å². The van der Waals surface area contributed by atoms with Crippen molar-refractivity contribution in [3.8, 4) is 0 Å². The van der Waals surface area contributed by atoms with Crippen LogP contribution >= 0.6 is 11.8 Å². The maximum atomic E-state index is 2.65. The summed E-state index contributed by atoms with van der Waals surface area (Å²) in [6, 6.07) is 0.873. The van der Waals surface area contributed by atoms with Crippen LogP contribution in [0.3, 0.4) is 0 Å². The van der Waals surface area contributed by atoms with Crippen LogP contribution in [0.15, 0.2) is 0 Å². The molecule has 2 aliphatic rings. The third-order valence-corrected chi connectivity index (χ3v) is 5.80. The summed E-state index contributed by atoms with van der Waals surface area (Å²) in [7, 11) is 2.33. The highest BCUT2D eigenvalue weighted by atomic mass is 32.2. The van der Waals surface area contributed by atoms with Gasteiger partial charge in [-0.2, -0.15) is 0 Å². The fraction of sp³-hybridized carbons (Fsp3) is 1.00. The van der Waals surface area contributed by atoms with Crippen molar-refractivity contribution in [2.45, 2.75) is 63.1 Å². The first-order chi connectivity index (χ1) is 6.50. The highest BCUT2D eigenvalue weighted by Crippen LogP contribution is 2.48. The second-order valence-electron chi connectivity index (χ2n) is 5.91. The SMILES string of the molecule is CN1C2CCCCC2SC1C(C)(C)C. The largest absolute Gasteiger partial charge is 0.290 e. The molecule has 2 fully saturated rings. The van der Waals surface area contributed by atoms with Gasteiger partial charge in [-0.3, -0.25) is 4.90 Å². The van der Waals surface area contributed by atoms with Gasteiger partial charge in [-0.25, -0.2) is 0 Å². The summed E-state index contributed by atoms with van der Waals surface area (Å²) in [6.45, 7) is 7.12. The zero-order valence-electron chi connectivity index (χ0n) is 9.92. The van der Waals surface area contributed by atoms with Crippen molar-refractivity contribution < 1.29 is 0 Å². The van der Waals surface area contributed by atoms with Crippen LogP contribution in [0.2, 0.25) is 0 Å². The van der Waals surface area contributed by atoms with Gasteiger partial charge in [0.15, 0.2) is 0 Å². The van der Waals surface area contributed by atoms with Crippen molar-refractivity contribution in [1.29, 1.82) is 0 Å². The molecule has 0 aromatic heterocycles. The summed E-state index contributed by atoms with van der Waals surface area (Å²) in [4.78, 5) is 2.65. The zero-order chi connectivity index (χ0) is 10.3. The molecule has 14 heavy (non-hydrogen) atoms. The number of rotatable bonds is 0. The lowest BCUT2D eigenvalue weighted by Crippen LogP contribution is -2.41. The van der Waals surface area contributed by atoms with Crippen molar-refractivity contribution in [2.24, 2.45) is 5.41 Å². The minimum absolute atomic E-state index is 0.427. The van der Waals surface area contributed by atoms with Gasteiger partial charge < -0.3 is 0 Å². The summed E-state index contributed by atoms with van der Waals surface area (Å²) < 4.78 is 0. The van der Waals surface area contributed by atoms with Crippen LogP contribution in [-0.4, -0.2) is 28.6 Å². The molecule has 1 aliphatic carbocycles. The van der Waals surface area contributed by atoms with E-state index in [1.807, 2.05) is 0 Å². The molecule has 1 aliphatic heterocycles. The summed E-state index contributed by atoms with van der Waals surface area (Å²) in [5.74, 6) is 0. The van der Waals surface area contributed by atoms with Gasteiger partial charge in [0.25, 0.3) is 0 Å². The second kappa shape index (κ2) is 3.71. The van der Waals surface area contributed by atoms with Gasteiger partial charge >= 0.3 is 0 Å². The van der Waals surface area contributed by atoms with E-state index in [2.05, 4.69) is 44.5 Å². The third kappa shape index (κ3) is 1.83. The van der Waals surface area contributed by atoms with Crippen LogP contribution in [0, 0.1) is 5.41 Å². The molecule has 2 rings (SSSR count). The minimum Gasteiger partial charge on any atom is -0.290 e. The predicted octanol–water partition coefficient (Wildman–Crippen LogP) is 3.35. The van der Waals surface area contributed by atoms with E-state index in [0.717, 1.165) is 16.7 Å². The minimum atomic E-state index is 0.427. The quantitative estimate of drug-likeness (QED) is 0.607. The maximum absolute atomic E-state index is 2.65. The van der Waals surface area contributed by atoms with Crippen molar-refractivity contribution in [1.82, 2.24) is 4.90 Å². The lowest BCUT2D eigenvalue weighted by atomic mass is 9.91. The molecule has 1 saturated carbocycles. The average Bonchev–Trinajstić information content (AvgIpc) is 2.44. The van der Waals surface area contributed by atoms with E-state index >= 15 is 0 Å². The number of fused-ring (bicyclic) bond motifs is 1. The Morgan fingerprint density at radius 1 is 1.14 bits per heavy atom. The van der Waals surface area contributed by atoms with Crippen LogP contribution in [0.25, 0.3) is 0 Å². The summed E-state index contributed by atoms with van der Waals surface area (Å²) in [5, 5.41) is 1.66. The van der Waals surface area contributed by atoms with E-state index in [-0.39, 0.29) is 0 Å². The molecular weight excluding hydrogens is 190 g/mol. The second-order valence-corrected chi connectivity index (χ2v) is 7.23. The molecule has 82 valence electrons. The van der Waals surface area contributed by atoms with E-state index in [0.29, 0.717) is 5.41 Å². The van der Waals surface area contributed by atoms with E-state index in [1.165, 1.54) is 25.7 Å². The number of nitrogens with zero attached hydrogens (tertiary/aromatic N) is 1. The van der Waals surface area contributed by atoms with Gasteiger partial charge in [-0.15, -0.1) is 11.8 Å². The first-order valence-electron chi connectivity index (χ1n) is 5.87. The average molecular weight is 213 g/mol. The monoisotopic (exact) mass is 213 g/mol. The number of hydrogen-bond acceptors (Lipinski definition) is 2. The van der Waals surface area contributed by atoms with Gasteiger partial charge in [0.1, 0.15) is 0 Å². The molecule has 0 aromatic rings. The summed E-state index contributed by atoms with van der Waals surface area (Å²) >= 11 is 2.24. The molecule has 1 saturated heterocycles. The van der Waals surface area contributed by atoms with Crippen molar-refractivity contribution in [2.75, 3.05) is 7.05 Å². The standard InChI is InChI=1S/C12H23NS/c1-12(2,3)11-13(4)9-7-5-6-8-10(9)14-11/h9-11H,5-8H2,1-4H3. The molecular formula is C12H23NS. The first kappa shape index (κ1) is 10.8. The van der Waals surface area contributed by atoms with Crippen molar-refractivity contribution >= 4 is 11.8 Å². The molecule has 0 bridgehead atoms. The maximum Gasteiger partial charge on any atom is 0.0609 e. The van der Waals surface area contributed by atoms with Gasteiger partial charge in [0, 0.05) is 11.3 Å². The molecule has 2 heteroatoms.